The summed E-state index contributed by atoms with van der Waals surface area (Å²) >= 11 is 0. The van der Waals surface area contributed by atoms with E-state index in [2.05, 4.69) is 34.7 Å². The second-order valence-electron chi connectivity index (χ2n) is 6.64. The van der Waals surface area contributed by atoms with Gasteiger partial charge in [0.2, 0.25) is 5.91 Å². The van der Waals surface area contributed by atoms with E-state index in [0.29, 0.717) is 12.5 Å². The number of benzene rings is 1. The normalized spacial score (nSPS) is 14.2. The van der Waals surface area contributed by atoms with Gasteiger partial charge in [-0.1, -0.05) is 12.1 Å². The molecule has 26 heavy (non-hydrogen) atoms. The predicted molar refractivity (Wildman–Crippen MR) is 116 cm³/mol. The molecule has 0 atom stereocenters. The Kier molecular flexibility index (Phi) is 9.75. The van der Waals surface area contributed by atoms with Crippen LogP contribution in [0.4, 0.5) is 0 Å². The van der Waals surface area contributed by atoms with Crippen molar-refractivity contribution in [2.75, 3.05) is 26.7 Å². The molecular formula is C19H31IN4O2. The number of nitrogens with zero attached hydrogens (tertiary/aromatic N) is 2. The number of guanidine groups is 1. The second kappa shape index (κ2) is 11.3. The van der Waals surface area contributed by atoms with Gasteiger partial charge in [-0.15, -0.1) is 24.0 Å². The Balaban J connectivity index is 0.00000338. The van der Waals surface area contributed by atoms with E-state index in [1.165, 1.54) is 0 Å². The molecule has 1 aliphatic rings. The van der Waals surface area contributed by atoms with Crippen molar-refractivity contribution in [2.24, 2.45) is 4.99 Å². The van der Waals surface area contributed by atoms with E-state index in [-0.39, 0.29) is 42.5 Å². The lowest BCUT2D eigenvalue weighted by atomic mass is 10.1. The zero-order chi connectivity index (χ0) is 18.2. The number of halogens is 1. The van der Waals surface area contributed by atoms with Crippen LogP contribution in [0.3, 0.4) is 0 Å². The van der Waals surface area contributed by atoms with Crippen LogP contribution in [0.1, 0.15) is 37.8 Å². The quantitative estimate of drug-likeness (QED) is 0.378. The molecule has 0 saturated carbocycles. The minimum Gasteiger partial charge on any atom is -0.491 e. The third-order valence-electron chi connectivity index (χ3n) is 4.12. The Morgan fingerprint density at radius 2 is 1.96 bits per heavy atom. The summed E-state index contributed by atoms with van der Waals surface area (Å²) in [7, 11) is 1.70. The average Bonchev–Trinajstić information content (AvgIpc) is 3.10. The highest BCUT2D eigenvalue weighted by molar-refractivity contribution is 14.0. The first kappa shape index (κ1) is 22.5. The molecule has 2 N–H and O–H groups in total. The molecule has 1 fully saturated rings. The molecule has 0 radical (unpaired) electrons. The third kappa shape index (κ3) is 7.01. The molecular weight excluding hydrogens is 443 g/mol. The van der Waals surface area contributed by atoms with Crippen molar-refractivity contribution in [2.45, 2.75) is 46.3 Å². The van der Waals surface area contributed by atoms with Crippen LogP contribution in [0.2, 0.25) is 0 Å². The summed E-state index contributed by atoms with van der Waals surface area (Å²) in [5.74, 6) is 1.62. The largest absolute Gasteiger partial charge is 0.491 e. The Morgan fingerprint density at radius 3 is 2.58 bits per heavy atom. The summed E-state index contributed by atoms with van der Waals surface area (Å²) in [6.45, 7) is 8.67. The summed E-state index contributed by atoms with van der Waals surface area (Å²) in [6, 6.07) is 6.17. The molecule has 0 spiro atoms. The number of hydrogen-bond donors (Lipinski definition) is 2. The van der Waals surface area contributed by atoms with Gasteiger partial charge in [-0.2, -0.15) is 0 Å². The summed E-state index contributed by atoms with van der Waals surface area (Å²) in [6.07, 6.45) is 2.33. The smallest absolute Gasteiger partial charge is 0.241 e. The van der Waals surface area contributed by atoms with E-state index in [1.807, 2.05) is 24.8 Å². The van der Waals surface area contributed by atoms with Crippen molar-refractivity contribution in [1.29, 1.82) is 0 Å². The van der Waals surface area contributed by atoms with E-state index < -0.39 is 0 Å². The fourth-order valence-electron chi connectivity index (χ4n) is 2.81. The maximum Gasteiger partial charge on any atom is 0.241 e. The monoisotopic (exact) mass is 474 g/mol. The molecule has 0 bridgehead atoms. The number of carbonyl (C=O) groups excluding carboxylic acids is 1. The highest BCUT2D eigenvalue weighted by atomic mass is 127. The molecule has 1 aliphatic heterocycles. The number of amides is 1. The van der Waals surface area contributed by atoms with Crippen molar-refractivity contribution in [3.8, 4) is 5.75 Å². The lowest BCUT2D eigenvalue weighted by molar-refractivity contribution is -0.128. The summed E-state index contributed by atoms with van der Waals surface area (Å²) < 4.78 is 5.90. The fourth-order valence-corrected chi connectivity index (χ4v) is 2.81. The van der Waals surface area contributed by atoms with Crippen LogP contribution in [0, 0.1) is 6.92 Å². The molecule has 6 nitrogen and oxygen atoms in total. The molecule has 0 aliphatic carbocycles. The number of ether oxygens (including phenoxy) is 1. The van der Waals surface area contributed by atoms with Gasteiger partial charge in [-0.05, 0) is 45.2 Å². The zero-order valence-electron chi connectivity index (χ0n) is 16.2. The van der Waals surface area contributed by atoms with Crippen molar-refractivity contribution in [3.05, 3.63) is 29.3 Å². The maximum atomic E-state index is 12.1. The minimum atomic E-state index is 0. The van der Waals surface area contributed by atoms with E-state index in [0.717, 1.165) is 42.8 Å². The molecule has 0 unspecified atom stereocenters. The molecule has 7 heteroatoms. The first-order valence-corrected chi connectivity index (χ1v) is 8.98. The van der Waals surface area contributed by atoms with Crippen molar-refractivity contribution in [3.63, 3.8) is 0 Å². The van der Waals surface area contributed by atoms with E-state index in [4.69, 9.17) is 4.74 Å². The molecule has 1 aromatic rings. The molecule has 1 aromatic carbocycles. The summed E-state index contributed by atoms with van der Waals surface area (Å²) in [5.41, 5.74) is 2.23. The molecule has 146 valence electrons. The number of aliphatic imine (C=N–C) groups is 1. The van der Waals surface area contributed by atoms with Gasteiger partial charge in [0.05, 0.1) is 12.6 Å². The summed E-state index contributed by atoms with van der Waals surface area (Å²) in [5, 5.41) is 6.35. The van der Waals surface area contributed by atoms with Crippen LogP contribution in [0.15, 0.2) is 23.2 Å². The van der Waals surface area contributed by atoms with Gasteiger partial charge in [-0.25, -0.2) is 0 Å². The lowest BCUT2D eigenvalue weighted by Gasteiger charge is -2.18. The van der Waals surface area contributed by atoms with Crippen LogP contribution >= 0.6 is 24.0 Å². The van der Waals surface area contributed by atoms with E-state index in [9.17, 15) is 4.79 Å². The number of likely N-dealkylation sites (tertiary alicyclic amines) is 1. The SMILES string of the molecule is CN=C(NCC(=O)N1CCCC1)NCc1ccc(C)cc1OC(C)C.I. The standard InChI is InChI=1S/C19H30N4O2.HI/c1-14(2)25-17-11-15(3)7-8-16(17)12-21-19(20-4)22-13-18(24)23-9-5-6-10-23;/h7-8,11,14H,5-6,9-10,12-13H2,1-4H3,(H2,20,21,22);1H. The van der Waals surface area contributed by atoms with Gasteiger partial charge < -0.3 is 20.3 Å². The molecule has 1 saturated heterocycles. The van der Waals surface area contributed by atoms with Gasteiger partial charge >= 0.3 is 0 Å². The van der Waals surface area contributed by atoms with Gasteiger partial charge in [0, 0.05) is 32.2 Å². The van der Waals surface area contributed by atoms with E-state index >= 15 is 0 Å². The van der Waals surface area contributed by atoms with Gasteiger partial charge in [0.15, 0.2) is 5.96 Å². The minimum absolute atomic E-state index is 0. The Bertz CT molecular complexity index is 614. The fraction of sp³-hybridized carbons (Fsp3) is 0.579. The number of aryl methyl sites for hydroxylation is 1. The number of rotatable bonds is 6. The van der Waals surface area contributed by atoms with Crippen molar-refractivity contribution in [1.82, 2.24) is 15.5 Å². The lowest BCUT2D eigenvalue weighted by Crippen LogP contribution is -2.43. The predicted octanol–water partition coefficient (Wildman–Crippen LogP) is 2.69. The van der Waals surface area contributed by atoms with Crippen LogP contribution in [-0.4, -0.2) is 49.6 Å². The topological polar surface area (TPSA) is 66.0 Å². The van der Waals surface area contributed by atoms with Crippen LogP contribution in [0.25, 0.3) is 0 Å². The molecule has 1 heterocycles. The summed E-state index contributed by atoms with van der Waals surface area (Å²) in [4.78, 5) is 18.2. The zero-order valence-corrected chi connectivity index (χ0v) is 18.5. The molecule has 1 amide bonds. The Labute approximate surface area is 173 Å². The number of nitrogens with one attached hydrogen (secondary N) is 2. The van der Waals surface area contributed by atoms with Crippen molar-refractivity contribution < 1.29 is 9.53 Å². The maximum absolute atomic E-state index is 12.1. The first-order chi connectivity index (χ1) is 12.0. The molecule has 2 rings (SSSR count). The Morgan fingerprint density at radius 1 is 1.27 bits per heavy atom. The van der Waals surface area contributed by atoms with Crippen LogP contribution < -0.4 is 15.4 Å². The second-order valence-corrected chi connectivity index (χ2v) is 6.64. The highest BCUT2D eigenvalue weighted by Crippen LogP contribution is 2.21. The van der Waals surface area contributed by atoms with Crippen LogP contribution in [0.5, 0.6) is 5.75 Å². The molecule has 0 aromatic heterocycles. The van der Waals surface area contributed by atoms with Crippen LogP contribution in [-0.2, 0) is 11.3 Å². The first-order valence-electron chi connectivity index (χ1n) is 8.98. The van der Waals surface area contributed by atoms with Gasteiger partial charge in [0.25, 0.3) is 0 Å². The van der Waals surface area contributed by atoms with Gasteiger partial charge in [0.1, 0.15) is 5.75 Å². The highest BCUT2D eigenvalue weighted by Gasteiger charge is 2.17. The third-order valence-corrected chi connectivity index (χ3v) is 4.12. The number of carbonyl (C=O) groups is 1. The van der Waals surface area contributed by atoms with Crippen molar-refractivity contribution >= 4 is 35.8 Å². The average molecular weight is 474 g/mol. The van der Waals surface area contributed by atoms with Gasteiger partial charge in [-0.3, -0.25) is 9.79 Å². The van der Waals surface area contributed by atoms with E-state index in [1.54, 1.807) is 7.05 Å². The number of hydrogen-bond acceptors (Lipinski definition) is 3. The Hall–Kier alpha value is -1.51.